The number of cyclic esters (lactones) is 1. The number of rotatable bonds is 2. The van der Waals surface area contributed by atoms with Crippen LogP contribution in [0.25, 0.3) is 10.9 Å². The molecule has 12 heteroatoms. The summed E-state index contributed by atoms with van der Waals surface area (Å²) in [5, 5.41) is 30.1. The number of aryl methyl sites for hydroxylation is 2. The van der Waals surface area contributed by atoms with Crippen molar-refractivity contribution in [2.75, 3.05) is 0 Å². The second kappa shape index (κ2) is 13.7. The Morgan fingerprint density at radius 3 is 1.79 bits per heavy atom. The number of hydrogen-bond donors (Lipinski definition) is 5. The molecule has 0 unspecified atom stereocenters. The molecular weight excluding hydrogens is 602 g/mol. The monoisotopic (exact) mass is 631 g/mol. The average molecular weight is 632 g/mol. The van der Waals surface area contributed by atoms with Crippen LogP contribution < -0.4 is 0 Å². The van der Waals surface area contributed by atoms with Crippen LogP contribution in [0.4, 0.5) is 0 Å². The molecule has 1 aliphatic rings. The molecule has 1 aromatic heterocycles. The molecule has 43 heavy (non-hydrogen) atoms. The van der Waals surface area contributed by atoms with Crippen LogP contribution in [0, 0.1) is 13.8 Å². The summed E-state index contributed by atoms with van der Waals surface area (Å²) >= 11 is 0. The molecule has 0 atom stereocenters. The van der Waals surface area contributed by atoms with Crippen LogP contribution in [0.1, 0.15) is 38.2 Å². The van der Waals surface area contributed by atoms with Crippen molar-refractivity contribution in [3.05, 3.63) is 131 Å². The zero-order valence-corrected chi connectivity index (χ0v) is 23.3. The van der Waals surface area contributed by atoms with Crippen LogP contribution in [0.15, 0.2) is 97.2 Å². The van der Waals surface area contributed by atoms with Crippen molar-refractivity contribution < 1.29 is 42.4 Å². The molecule has 0 aliphatic carbocycles. The molecule has 0 saturated carbocycles. The Kier molecular flexibility index (Phi) is 10.8. The number of phenolic OH excluding ortho intramolecular Hbond substituents is 3. The molecule has 220 valence electrons. The number of carbonyl (C=O) groups excluding carboxylic acids is 1. The number of pyridine rings is 1. The van der Waals surface area contributed by atoms with Gasteiger partial charge in [0.2, 0.25) is 0 Å². The third-order valence-corrected chi connectivity index (χ3v) is 6.59. The zero-order valence-electron chi connectivity index (χ0n) is 22.5. The van der Waals surface area contributed by atoms with Crippen molar-refractivity contribution in [2.45, 2.75) is 19.4 Å². The number of fused-ring (bicyclic) bond motifs is 2. The fraction of sp³-hybridized carbons (Fsp3) is 0.0968. The number of nitrogens with zero attached hydrogens (tertiary/aromatic N) is 1. The SMILES string of the molecule is Cc1cc(C2(c3ccc(O)c(C)c3)OC(=O)c3ccccc32)ccc1O.O=S(=O)(O)O.Oc1cccc2cccnc12.[CaH2]. The minimum atomic E-state index is -4.67. The van der Waals surface area contributed by atoms with E-state index in [4.69, 9.17) is 22.3 Å². The summed E-state index contributed by atoms with van der Waals surface area (Å²) in [6.45, 7) is 3.61. The summed E-state index contributed by atoms with van der Waals surface area (Å²) < 4.78 is 37.6. The van der Waals surface area contributed by atoms with Crippen molar-refractivity contribution in [2.24, 2.45) is 0 Å². The molecule has 5 aromatic rings. The van der Waals surface area contributed by atoms with Crippen molar-refractivity contribution in [3.63, 3.8) is 0 Å². The topological polar surface area (TPSA) is 174 Å². The van der Waals surface area contributed by atoms with E-state index in [1.54, 1.807) is 68.6 Å². The van der Waals surface area contributed by atoms with Gasteiger partial charge in [-0.3, -0.25) is 14.1 Å². The number of para-hydroxylation sites is 1. The Bertz CT molecular complexity index is 1830. The van der Waals surface area contributed by atoms with E-state index in [0.717, 1.165) is 22.1 Å². The van der Waals surface area contributed by atoms with Gasteiger partial charge in [-0.2, -0.15) is 8.42 Å². The van der Waals surface area contributed by atoms with Gasteiger partial charge in [0.05, 0.1) is 5.56 Å². The second-order valence-corrected chi connectivity index (χ2v) is 10.3. The van der Waals surface area contributed by atoms with Crippen molar-refractivity contribution in [1.82, 2.24) is 4.98 Å². The quantitative estimate of drug-likeness (QED) is 0.106. The van der Waals surface area contributed by atoms with Crippen LogP contribution in [0.2, 0.25) is 0 Å². The number of esters is 1. The number of phenols is 3. The molecule has 4 aromatic carbocycles. The van der Waals surface area contributed by atoms with Gasteiger partial charge in [0.1, 0.15) is 22.8 Å². The number of carbonyl (C=O) groups is 1. The molecular formula is C31H29CaNO9S. The number of hydrogen-bond acceptors (Lipinski definition) is 8. The van der Waals surface area contributed by atoms with Crippen molar-refractivity contribution in [3.8, 4) is 17.2 Å². The van der Waals surface area contributed by atoms with Gasteiger partial charge >= 0.3 is 54.1 Å². The molecule has 0 amide bonds. The maximum absolute atomic E-state index is 12.6. The van der Waals surface area contributed by atoms with Crippen LogP contribution in [0.5, 0.6) is 17.2 Å². The summed E-state index contributed by atoms with van der Waals surface area (Å²) in [7, 11) is -4.67. The van der Waals surface area contributed by atoms with Crippen LogP contribution >= 0.6 is 0 Å². The Morgan fingerprint density at radius 1 is 0.721 bits per heavy atom. The van der Waals surface area contributed by atoms with E-state index in [0.29, 0.717) is 22.2 Å². The van der Waals surface area contributed by atoms with Crippen LogP contribution in [-0.4, -0.2) is 81.5 Å². The molecule has 2 heterocycles. The first-order valence-electron chi connectivity index (χ1n) is 12.5. The van der Waals surface area contributed by atoms with Crippen molar-refractivity contribution in [1.29, 1.82) is 0 Å². The van der Waals surface area contributed by atoms with Gasteiger partial charge in [0.15, 0.2) is 5.60 Å². The average Bonchev–Trinajstić information content (AvgIpc) is 3.25. The van der Waals surface area contributed by atoms with Crippen LogP contribution in [0.3, 0.4) is 0 Å². The normalized spacial score (nSPS) is 12.9. The zero-order chi connectivity index (χ0) is 30.7. The number of ether oxygens (including phenoxy) is 1. The molecule has 0 fully saturated rings. The summed E-state index contributed by atoms with van der Waals surface area (Å²) in [5.41, 5.74) is 3.69. The molecule has 0 bridgehead atoms. The van der Waals surface area contributed by atoms with E-state index in [1.165, 1.54) is 0 Å². The third kappa shape index (κ3) is 7.63. The van der Waals surface area contributed by atoms with Crippen LogP contribution in [-0.2, 0) is 20.7 Å². The van der Waals surface area contributed by atoms with Gasteiger partial charge in [-0.05, 0) is 67.4 Å². The van der Waals surface area contributed by atoms with E-state index in [-0.39, 0.29) is 55.0 Å². The van der Waals surface area contributed by atoms with Gasteiger partial charge < -0.3 is 20.1 Å². The standard InChI is InChI=1S/C22H18O4.C9H7NO.Ca.H2O4S.2H/c1-13-11-15(7-9-19(13)23)22(16-8-10-20(24)14(2)12-16)18-6-4-3-5-17(18)21(25)26-22;11-8-5-1-3-7-4-2-6-10-9(7)8;;1-5(2,3)4;;/h3-12,23-24H,1-2H3;1-6,11H;;(H2,1,2,3,4);;. The Labute approximate surface area is 277 Å². The van der Waals surface area contributed by atoms with Gasteiger partial charge in [-0.1, -0.05) is 48.5 Å². The van der Waals surface area contributed by atoms with E-state index in [9.17, 15) is 20.1 Å². The first kappa shape index (κ1) is 33.8. The summed E-state index contributed by atoms with van der Waals surface area (Å²) in [6, 6.07) is 26.8. The summed E-state index contributed by atoms with van der Waals surface area (Å²) in [6.07, 6.45) is 1.67. The number of benzene rings is 4. The number of aromatic nitrogens is 1. The van der Waals surface area contributed by atoms with Crippen molar-refractivity contribution >= 4 is 65.0 Å². The molecule has 5 N–H and O–H groups in total. The molecule has 0 radical (unpaired) electrons. The fourth-order valence-corrected chi connectivity index (χ4v) is 4.65. The number of aromatic hydroxyl groups is 3. The molecule has 0 spiro atoms. The summed E-state index contributed by atoms with van der Waals surface area (Å²) in [4.78, 5) is 16.6. The van der Waals surface area contributed by atoms with Gasteiger partial charge in [-0.15, -0.1) is 0 Å². The molecule has 1 aliphatic heterocycles. The minimum absolute atomic E-state index is 0. The fourth-order valence-electron chi connectivity index (χ4n) is 4.65. The van der Waals surface area contributed by atoms with Gasteiger partial charge in [0, 0.05) is 28.3 Å². The van der Waals surface area contributed by atoms with E-state index in [1.807, 2.05) is 42.5 Å². The predicted octanol–water partition coefficient (Wildman–Crippen LogP) is 4.55. The Balaban J connectivity index is 0.000000246. The van der Waals surface area contributed by atoms with E-state index < -0.39 is 22.0 Å². The van der Waals surface area contributed by atoms with Gasteiger partial charge in [0.25, 0.3) is 0 Å². The Morgan fingerprint density at radius 2 is 1.26 bits per heavy atom. The van der Waals surface area contributed by atoms with E-state index in [2.05, 4.69) is 4.98 Å². The summed E-state index contributed by atoms with van der Waals surface area (Å²) in [5.74, 6) is 0.215. The Hall–Kier alpha value is -3.71. The first-order valence-corrected chi connectivity index (χ1v) is 13.9. The second-order valence-electron chi connectivity index (χ2n) is 9.42. The molecule has 6 rings (SSSR count). The van der Waals surface area contributed by atoms with Gasteiger partial charge in [-0.25, -0.2) is 4.79 Å². The third-order valence-electron chi connectivity index (χ3n) is 6.59. The molecule has 10 nitrogen and oxygen atoms in total. The maximum atomic E-state index is 12.6. The first-order chi connectivity index (χ1) is 19.8. The van der Waals surface area contributed by atoms with E-state index >= 15 is 0 Å². The molecule has 0 saturated heterocycles. The predicted molar refractivity (Wildman–Crippen MR) is 164 cm³/mol.